The number of halogens is 6. The number of carboxylic acids is 1. The summed E-state index contributed by atoms with van der Waals surface area (Å²) in [5.74, 6) is -3.09. The van der Waals surface area contributed by atoms with Crippen LogP contribution in [0.15, 0.2) is 53.5 Å². The molecule has 3 aromatic rings. The van der Waals surface area contributed by atoms with E-state index >= 15 is 0 Å². The first kappa shape index (κ1) is 46.8. The molecule has 1 aromatic heterocycles. The van der Waals surface area contributed by atoms with E-state index in [0.717, 1.165) is 5.56 Å². The fourth-order valence-corrected chi connectivity index (χ4v) is 3.78. The average Bonchev–Trinajstić information content (AvgIpc) is 3.04. The number of aromatic nitrogens is 2. The maximum Gasteiger partial charge on any atom is 0.490 e. The van der Waals surface area contributed by atoms with Gasteiger partial charge in [0.05, 0.1) is 11.9 Å². The van der Waals surface area contributed by atoms with Crippen molar-refractivity contribution in [3.8, 4) is 11.3 Å². The molecule has 2 amide bonds. The smallest absolute Gasteiger partial charge is 0.483 e. The molecular formula is C32H40F6N8O7. The van der Waals surface area contributed by atoms with Crippen LogP contribution in [0, 0.1) is 11.3 Å². The Bertz CT molecular complexity index is 1730. The third kappa shape index (κ3) is 18.6. The minimum absolute atomic E-state index is 0.0388. The summed E-state index contributed by atoms with van der Waals surface area (Å²) in [6.45, 7) is 4.28. The number of anilines is 2. The number of nitrogens with two attached hydrogens (primary N) is 2. The second kappa shape index (κ2) is 22.6. The Morgan fingerprint density at radius 2 is 1.53 bits per heavy atom. The number of carbonyl (C=O) groups excluding carboxylic acids is 2. The van der Waals surface area contributed by atoms with E-state index in [1.165, 1.54) is 10.8 Å². The van der Waals surface area contributed by atoms with Gasteiger partial charge in [0, 0.05) is 41.5 Å². The lowest BCUT2D eigenvalue weighted by Gasteiger charge is -2.17. The molecule has 0 saturated carbocycles. The SMILES string of the molecule is CC(C)CNC(=O)c1cc(N)cc(-c2cnc(NC(C)C)c(=O)n2CC(=O)NCc2ccc(C(=N)N)cc2)c1.FC(F)F.O=C(O)C(F)(F)F.O=CO. The molecule has 0 bridgehead atoms. The summed E-state index contributed by atoms with van der Waals surface area (Å²) < 4.78 is 62.1. The largest absolute Gasteiger partial charge is 0.490 e. The van der Waals surface area contributed by atoms with Crippen molar-refractivity contribution >= 4 is 41.6 Å². The predicted octanol–water partition coefficient (Wildman–Crippen LogP) is 3.81. The Labute approximate surface area is 298 Å². The van der Waals surface area contributed by atoms with Crippen LogP contribution in [-0.2, 0) is 27.5 Å². The number of hydrogen-bond donors (Lipinski definition) is 8. The van der Waals surface area contributed by atoms with Crippen molar-refractivity contribution in [2.75, 3.05) is 17.6 Å². The van der Waals surface area contributed by atoms with Crippen LogP contribution in [0.1, 0.15) is 49.2 Å². The molecule has 1 heterocycles. The van der Waals surface area contributed by atoms with Crippen molar-refractivity contribution in [3.05, 3.63) is 75.7 Å². The van der Waals surface area contributed by atoms with Crippen LogP contribution in [0.2, 0.25) is 0 Å². The van der Waals surface area contributed by atoms with Crippen LogP contribution in [0.4, 0.5) is 37.8 Å². The Kier molecular flexibility index (Phi) is 20.0. The number of rotatable bonds is 11. The van der Waals surface area contributed by atoms with Gasteiger partial charge in [0.15, 0.2) is 5.82 Å². The van der Waals surface area contributed by atoms with Gasteiger partial charge in [0.2, 0.25) is 5.91 Å². The molecule has 292 valence electrons. The molecule has 0 radical (unpaired) electrons. The minimum Gasteiger partial charge on any atom is -0.483 e. The summed E-state index contributed by atoms with van der Waals surface area (Å²) in [6, 6.07) is 11.7. The number of amidine groups is 1. The third-order valence-electron chi connectivity index (χ3n) is 5.96. The maximum atomic E-state index is 13.4. The Morgan fingerprint density at radius 3 is 1.98 bits per heavy atom. The topological polar surface area (TPSA) is 256 Å². The molecule has 21 heteroatoms. The molecule has 0 fully saturated rings. The number of nitrogens with zero attached hydrogens (tertiary/aromatic N) is 2. The van der Waals surface area contributed by atoms with E-state index in [1.54, 1.807) is 42.5 Å². The molecule has 53 heavy (non-hydrogen) atoms. The van der Waals surface area contributed by atoms with Crippen molar-refractivity contribution in [1.29, 1.82) is 5.41 Å². The molecule has 10 N–H and O–H groups in total. The number of amides is 2. The molecule has 0 saturated heterocycles. The lowest BCUT2D eigenvalue weighted by Crippen LogP contribution is -2.35. The second-order valence-electron chi connectivity index (χ2n) is 11.2. The van der Waals surface area contributed by atoms with Crippen molar-refractivity contribution < 1.29 is 55.7 Å². The highest BCUT2D eigenvalue weighted by Gasteiger charge is 2.38. The summed E-state index contributed by atoms with van der Waals surface area (Å²) >= 11 is 0. The van der Waals surface area contributed by atoms with Gasteiger partial charge in [-0.1, -0.05) is 38.1 Å². The van der Waals surface area contributed by atoms with Gasteiger partial charge in [-0.05, 0) is 43.5 Å². The highest BCUT2D eigenvalue weighted by molar-refractivity contribution is 5.96. The summed E-state index contributed by atoms with van der Waals surface area (Å²) in [7, 11) is 0. The average molecular weight is 763 g/mol. The highest BCUT2D eigenvalue weighted by atomic mass is 19.4. The van der Waals surface area contributed by atoms with Crippen LogP contribution in [0.25, 0.3) is 11.3 Å². The van der Waals surface area contributed by atoms with Crippen molar-refractivity contribution in [2.24, 2.45) is 11.7 Å². The summed E-state index contributed by atoms with van der Waals surface area (Å²) in [4.78, 5) is 60.7. The number of carboxylic acid groups (broad SMARTS) is 2. The lowest BCUT2D eigenvalue weighted by atomic mass is 10.1. The van der Waals surface area contributed by atoms with E-state index in [-0.39, 0.29) is 49.1 Å². The Balaban J connectivity index is 0.00000164. The number of alkyl halides is 6. The number of benzene rings is 2. The van der Waals surface area contributed by atoms with Gasteiger partial charge in [-0.25, -0.2) is 9.78 Å². The van der Waals surface area contributed by atoms with E-state index in [4.69, 9.17) is 36.7 Å². The maximum absolute atomic E-state index is 13.4. The van der Waals surface area contributed by atoms with Gasteiger partial charge >= 0.3 is 18.8 Å². The Hall–Kier alpha value is -6.15. The molecular weight excluding hydrogens is 722 g/mol. The molecule has 2 aromatic carbocycles. The summed E-state index contributed by atoms with van der Waals surface area (Å²) in [5.41, 5.74) is 14.0. The molecule has 0 spiro atoms. The molecule has 0 unspecified atom stereocenters. The minimum atomic E-state index is -5.08. The van der Waals surface area contributed by atoms with Crippen LogP contribution in [-0.4, -0.2) is 75.3 Å². The number of nitrogens with one attached hydrogen (secondary N) is 4. The monoisotopic (exact) mass is 762 g/mol. The molecule has 15 nitrogen and oxygen atoms in total. The fourth-order valence-electron chi connectivity index (χ4n) is 3.78. The van der Waals surface area contributed by atoms with Gasteiger partial charge in [-0.3, -0.25) is 29.2 Å². The molecule has 0 aliphatic heterocycles. The van der Waals surface area contributed by atoms with Gasteiger partial charge in [0.25, 0.3) is 17.9 Å². The van der Waals surface area contributed by atoms with E-state index < -0.39 is 30.3 Å². The zero-order valence-corrected chi connectivity index (χ0v) is 28.8. The number of carbonyl (C=O) groups is 4. The molecule has 3 rings (SSSR count). The fraction of sp³-hybridized carbons (Fsp3) is 0.344. The number of nitrogen functional groups attached to an aromatic ring is 2. The molecule has 0 aliphatic rings. The lowest BCUT2D eigenvalue weighted by molar-refractivity contribution is -0.192. The van der Waals surface area contributed by atoms with E-state index in [1.807, 2.05) is 27.7 Å². The van der Waals surface area contributed by atoms with Crippen molar-refractivity contribution in [1.82, 2.24) is 20.2 Å². The zero-order valence-electron chi connectivity index (χ0n) is 28.8. The summed E-state index contributed by atoms with van der Waals surface area (Å²) in [5, 5.41) is 30.2. The van der Waals surface area contributed by atoms with E-state index in [2.05, 4.69) is 20.9 Å². The quantitative estimate of drug-likeness (QED) is 0.0458. The highest BCUT2D eigenvalue weighted by Crippen LogP contribution is 2.23. The van der Waals surface area contributed by atoms with Gasteiger partial charge < -0.3 is 37.6 Å². The van der Waals surface area contributed by atoms with Crippen LogP contribution < -0.4 is 33.0 Å². The van der Waals surface area contributed by atoms with E-state index in [0.29, 0.717) is 34.6 Å². The molecule has 0 atom stereocenters. The standard InChI is InChI=1S/C28H36N8O3.C2HF3O2.CHF3.CH2O2/c1-16(2)12-34-27(38)21-9-20(10-22(29)11-21)23-14-33-26(35-17(3)4)28(39)36(23)15-24(37)32-13-18-5-7-19(8-6-18)25(30)31;3-2(4,5)1(6)7;2-1(3)4;2-1-3/h5-11,14,16-17H,12-13,15,29H2,1-4H3,(H3,30,31)(H,32,37)(H,33,35)(H,34,38);(H,6,7);1H;1H,(H,2,3). The third-order valence-corrected chi connectivity index (χ3v) is 5.96. The van der Waals surface area contributed by atoms with E-state index in [9.17, 15) is 40.7 Å². The van der Waals surface area contributed by atoms with Crippen LogP contribution in [0.5, 0.6) is 0 Å². The van der Waals surface area contributed by atoms with Crippen LogP contribution in [0.3, 0.4) is 0 Å². The normalized spacial score (nSPS) is 10.4. The van der Waals surface area contributed by atoms with Crippen molar-refractivity contribution in [2.45, 2.75) is 59.7 Å². The van der Waals surface area contributed by atoms with Gasteiger partial charge in [0.1, 0.15) is 12.4 Å². The van der Waals surface area contributed by atoms with Crippen molar-refractivity contribution in [3.63, 3.8) is 0 Å². The first-order valence-electron chi connectivity index (χ1n) is 15.1. The number of hydrogen-bond acceptors (Lipinski definition) is 9. The first-order chi connectivity index (χ1) is 24.5. The van der Waals surface area contributed by atoms with Gasteiger partial charge in [-0.15, -0.1) is 0 Å². The predicted molar refractivity (Wildman–Crippen MR) is 183 cm³/mol. The molecule has 0 aliphatic carbocycles. The first-order valence-corrected chi connectivity index (χ1v) is 15.1. The van der Waals surface area contributed by atoms with Crippen LogP contribution >= 0.6 is 0 Å². The van der Waals surface area contributed by atoms with Gasteiger partial charge in [-0.2, -0.15) is 26.3 Å². The summed E-state index contributed by atoms with van der Waals surface area (Å²) in [6.07, 6.45) is -3.59. The zero-order chi connectivity index (χ0) is 41.1. The Morgan fingerprint density at radius 1 is 1.00 bits per heavy atom. The number of aliphatic carboxylic acids is 1. The second-order valence-corrected chi connectivity index (χ2v) is 11.2.